The summed E-state index contributed by atoms with van der Waals surface area (Å²) in [7, 11) is 0. The lowest BCUT2D eigenvalue weighted by molar-refractivity contribution is -0.153. The molecule has 0 aliphatic heterocycles. The number of hydrogen-bond donors (Lipinski definition) is 0. The van der Waals surface area contributed by atoms with Gasteiger partial charge in [-0.2, -0.15) is 0 Å². The molecule has 1 saturated carbocycles. The first kappa shape index (κ1) is 33.4. The van der Waals surface area contributed by atoms with Gasteiger partial charge in [0.25, 0.3) is 0 Å². The molecule has 0 spiro atoms. The molecule has 230 valence electrons. The van der Waals surface area contributed by atoms with Crippen molar-refractivity contribution in [1.29, 1.82) is 0 Å². The van der Waals surface area contributed by atoms with Crippen molar-refractivity contribution >= 4 is 17.9 Å². The molecule has 0 unspecified atom stereocenters. The minimum absolute atomic E-state index is 0.243. The van der Waals surface area contributed by atoms with Crippen LogP contribution in [0.25, 0.3) is 0 Å². The standard InChI is InChI=1S/C36H50O6/c1-4-6-7-8-9-10-11-12-26-40-34(37)27(3)41-35(38)31-18-20-32(21-19-31)36(39)42-33-24-22-30(23-25-33)29-16-14-28(13-5-2)15-17-29/h18-25,27-29H,4-17,26H2,1-3H3/t27-,28?,29?/m1/s1. The maximum Gasteiger partial charge on any atom is 0.347 e. The Kier molecular flexibility index (Phi) is 14.6. The van der Waals surface area contributed by atoms with Gasteiger partial charge >= 0.3 is 17.9 Å². The van der Waals surface area contributed by atoms with Gasteiger partial charge in [-0.3, -0.25) is 0 Å². The third-order valence-electron chi connectivity index (χ3n) is 8.32. The number of ether oxygens (including phenoxy) is 3. The second-order valence-corrected chi connectivity index (χ2v) is 11.7. The number of esters is 3. The topological polar surface area (TPSA) is 78.9 Å². The van der Waals surface area contributed by atoms with Gasteiger partial charge < -0.3 is 14.2 Å². The molecule has 6 heteroatoms. The van der Waals surface area contributed by atoms with Gasteiger partial charge in [0.15, 0.2) is 6.10 Å². The van der Waals surface area contributed by atoms with Gasteiger partial charge in [-0.1, -0.05) is 83.8 Å². The van der Waals surface area contributed by atoms with Crippen molar-refractivity contribution in [2.75, 3.05) is 6.61 Å². The fraction of sp³-hybridized carbons (Fsp3) is 0.583. The normalized spacial score (nSPS) is 17.3. The van der Waals surface area contributed by atoms with Crippen LogP contribution in [0.4, 0.5) is 0 Å². The lowest BCUT2D eigenvalue weighted by Crippen LogP contribution is -2.26. The van der Waals surface area contributed by atoms with Crippen molar-refractivity contribution in [3.63, 3.8) is 0 Å². The van der Waals surface area contributed by atoms with Crippen molar-refractivity contribution < 1.29 is 28.6 Å². The molecule has 1 aliphatic rings. The molecule has 42 heavy (non-hydrogen) atoms. The van der Waals surface area contributed by atoms with E-state index in [1.807, 2.05) is 12.1 Å². The Morgan fingerprint density at radius 2 is 1.29 bits per heavy atom. The highest BCUT2D eigenvalue weighted by Crippen LogP contribution is 2.37. The molecule has 0 aromatic heterocycles. The van der Waals surface area contributed by atoms with Gasteiger partial charge in [0.1, 0.15) is 5.75 Å². The molecular weight excluding hydrogens is 528 g/mol. The largest absolute Gasteiger partial charge is 0.463 e. The molecule has 1 atom stereocenters. The highest BCUT2D eigenvalue weighted by Gasteiger charge is 2.23. The average molecular weight is 579 g/mol. The van der Waals surface area contributed by atoms with E-state index in [9.17, 15) is 14.4 Å². The van der Waals surface area contributed by atoms with Gasteiger partial charge in [-0.05, 0) is 92.8 Å². The molecule has 0 radical (unpaired) electrons. The van der Waals surface area contributed by atoms with Crippen LogP contribution < -0.4 is 4.74 Å². The molecule has 2 aromatic rings. The smallest absolute Gasteiger partial charge is 0.347 e. The molecule has 0 N–H and O–H groups in total. The first-order valence-electron chi connectivity index (χ1n) is 16.2. The maximum absolute atomic E-state index is 12.7. The molecule has 2 aromatic carbocycles. The third kappa shape index (κ3) is 11.3. The first-order chi connectivity index (χ1) is 20.4. The zero-order valence-electron chi connectivity index (χ0n) is 25.9. The fourth-order valence-corrected chi connectivity index (χ4v) is 5.71. The Balaban J connectivity index is 1.37. The van der Waals surface area contributed by atoms with Crippen LogP contribution in [0.15, 0.2) is 48.5 Å². The van der Waals surface area contributed by atoms with E-state index in [2.05, 4.69) is 26.0 Å². The summed E-state index contributed by atoms with van der Waals surface area (Å²) < 4.78 is 16.1. The summed E-state index contributed by atoms with van der Waals surface area (Å²) in [5.41, 5.74) is 1.87. The average Bonchev–Trinajstić information content (AvgIpc) is 3.01. The van der Waals surface area contributed by atoms with Gasteiger partial charge in [-0.25, -0.2) is 14.4 Å². The van der Waals surface area contributed by atoms with Crippen molar-refractivity contribution in [2.24, 2.45) is 5.92 Å². The summed E-state index contributed by atoms with van der Waals surface area (Å²) in [6, 6.07) is 13.9. The maximum atomic E-state index is 12.7. The van der Waals surface area contributed by atoms with Crippen LogP contribution in [-0.2, 0) is 14.3 Å². The predicted molar refractivity (Wildman–Crippen MR) is 166 cm³/mol. The number of benzene rings is 2. The second kappa shape index (κ2) is 18.4. The highest BCUT2D eigenvalue weighted by atomic mass is 16.6. The first-order valence-corrected chi connectivity index (χ1v) is 16.2. The van der Waals surface area contributed by atoms with E-state index in [1.54, 1.807) is 0 Å². The Morgan fingerprint density at radius 1 is 0.714 bits per heavy atom. The van der Waals surface area contributed by atoms with Crippen molar-refractivity contribution in [3.8, 4) is 5.75 Å². The molecule has 3 rings (SSSR count). The number of unbranched alkanes of at least 4 members (excludes halogenated alkanes) is 7. The molecule has 0 bridgehead atoms. The minimum atomic E-state index is -1.01. The predicted octanol–water partition coefficient (Wildman–Crippen LogP) is 9.21. The van der Waals surface area contributed by atoms with E-state index in [0.29, 0.717) is 23.8 Å². The molecule has 1 aliphatic carbocycles. The summed E-state index contributed by atoms with van der Waals surface area (Å²) in [4.78, 5) is 37.4. The Labute approximate surface area is 252 Å². The highest BCUT2D eigenvalue weighted by molar-refractivity contribution is 5.95. The Morgan fingerprint density at radius 3 is 1.88 bits per heavy atom. The van der Waals surface area contributed by atoms with Crippen LogP contribution in [-0.4, -0.2) is 30.6 Å². The summed E-state index contributed by atoms with van der Waals surface area (Å²) in [5, 5.41) is 0. The van der Waals surface area contributed by atoms with Gasteiger partial charge in [0, 0.05) is 0 Å². The van der Waals surface area contributed by atoms with E-state index in [1.165, 1.54) is 107 Å². The molecule has 6 nitrogen and oxygen atoms in total. The minimum Gasteiger partial charge on any atom is -0.463 e. The summed E-state index contributed by atoms with van der Waals surface area (Å²) in [6.45, 7) is 6.30. The molecule has 0 saturated heterocycles. The van der Waals surface area contributed by atoms with Gasteiger partial charge in [0.05, 0.1) is 17.7 Å². The summed E-state index contributed by atoms with van der Waals surface area (Å²) >= 11 is 0. The zero-order chi connectivity index (χ0) is 30.2. The lowest BCUT2D eigenvalue weighted by atomic mass is 9.77. The Bertz CT molecular complexity index is 1080. The van der Waals surface area contributed by atoms with Gasteiger partial charge in [-0.15, -0.1) is 0 Å². The molecule has 1 fully saturated rings. The van der Waals surface area contributed by atoms with E-state index < -0.39 is 24.0 Å². The SMILES string of the molecule is CCCCCCCCCCOC(=O)[C@@H](C)OC(=O)c1ccc(C(=O)Oc2ccc(C3CCC(CCC)CC3)cc2)cc1. The number of carbonyl (C=O) groups excluding carboxylic acids is 3. The summed E-state index contributed by atoms with van der Waals surface area (Å²) in [5.74, 6) is 0.239. The second-order valence-electron chi connectivity index (χ2n) is 11.7. The third-order valence-corrected chi connectivity index (χ3v) is 8.32. The van der Waals surface area contributed by atoms with E-state index >= 15 is 0 Å². The van der Waals surface area contributed by atoms with Crippen molar-refractivity contribution in [3.05, 3.63) is 65.2 Å². The van der Waals surface area contributed by atoms with Crippen molar-refractivity contribution in [1.82, 2.24) is 0 Å². The van der Waals surface area contributed by atoms with Crippen LogP contribution in [0.5, 0.6) is 5.75 Å². The fourth-order valence-electron chi connectivity index (χ4n) is 5.71. The van der Waals surface area contributed by atoms with Crippen LogP contribution in [0.1, 0.15) is 143 Å². The van der Waals surface area contributed by atoms with Crippen LogP contribution in [0.2, 0.25) is 0 Å². The number of rotatable bonds is 17. The molecular formula is C36H50O6. The number of carbonyl (C=O) groups is 3. The molecule has 0 heterocycles. The quantitative estimate of drug-likeness (QED) is 0.106. The van der Waals surface area contributed by atoms with E-state index in [-0.39, 0.29) is 5.56 Å². The van der Waals surface area contributed by atoms with Crippen LogP contribution >= 0.6 is 0 Å². The van der Waals surface area contributed by atoms with Crippen LogP contribution in [0, 0.1) is 5.92 Å². The van der Waals surface area contributed by atoms with E-state index in [0.717, 1.165) is 25.2 Å². The Hall–Kier alpha value is -3.15. The summed E-state index contributed by atoms with van der Waals surface area (Å²) in [6.07, 6.45) is 15.9. The monoisotopic (exact) mass is 578 g/mol. The van der Waals surface area contributed by atoms with Gasteiger partial charge in [0.2, 0.25) is 0 Å². The lowest BCUT2D eigenvalue weighted by Gasteiger charge is -2.28. The van der Waals surface area contributed by atoms with Crippen molar-refractivity contribution in [2.45, 2.75) is 123 Å². The zero-order valence-corrected chi connectivity index (χ0v) is 25.9. The number of hydrogen-bond acceptors (Lipinski definition) is 6. The van der Waals surface area contributed by atoms with E-state index in [4.69, 9.17) is 14.2 Å². The van der Waals surface area contributed by atoms with Crippen LogP contribution in [0.3, 0.4) is 0 Å². The molecule has 0 amide bonds.